The molecule has 0 heterocycles. The number of hydrogen-bond donors (Lipinski definition) is 1. The van der Waals surface area contributed by atoms with E-state index in [1.165, 1.54) is 33.5 Å². The Morgan fingerprint density at radius 3 is 1.55 bits per heavy atom. The van der Waals surface area contributed by atoms with E-state index in [2.05, 4.69) is 117 Å². The van der Waals surface area contributed by atoms with Crippen molar-refractivity contribution in [3.05, 3.63) is 109 Å². The first kappa shape index (κ1) is 22.5. The Morgan fingerprint density at radius 1 is 0.759 bits per heavy atom. The van der Waals surface area contributed by atoms with Crippen LogP contribution in [0.1, 0.15) is 20.8 Å². The predicted molar refractivity (Wildman–Crippen MR) is 132 cm³/mol. The zero-order valence-corrected chi connectivity index (χ0v) is 18.7. The summed E-state index contributed by atoms with van der Waals surface area (Å²) < 4.78 is 0. The molecule has 3 rings (SSSR count). The van der Waals surface area contributed by atoms with Gasteiger partial charge < -0.3 is 10.6 Å². The Kier molecular flexibility index (Phi) is 9.21. The van der Waals surface area contributed by atoms with E-state index in [-0.39, 0.29) is 0 Å². The molecule has 0 radical (unpaired) electrons. The lowest BCUT2D eigenvalue weighted by Gasteiger charge is -2.23. The highest BCUT2D eigenvalue weighted by atomic mass is 31.1. The Bertz CT molecular complexity index is 857. The van der Waals surface area contributed by atoms with E-state index >= 15 is 0 Å². The van der Waals surface area contributed by atoms with Crippen LogP contribution in [-0.2, 0) is 0 Å². The second kappa shape index (κ2) is 11.9. The lowest BCUT2D eigenvalue weighted by Crippen LogP contribution is -2.21. The Hall–Kier alpha value is -2.83. The first-order valence-electron chi connectivity index (χ1n) is 9.82. The second-order valence-corrected chi connectivity index (χ2v) is 8.76. The van der Waals surface area contributed by atoms with Gasteiger partial charge in [-0.15, -0.1) is 0 Å². The number of allylic oxidation sites excluding steroid dienone is 3. The van der Waals surface area contributed by atoms with Crippen molar-refractivity contribution in [1.29, 1.82) is 0 Å². The van der Waals surface area contributed by atoms with Gasteiger partial charge in [0.2, 0.25) is 0 Å². The van der Waals surface area contributed by atoms with Crippen LogP contribution in [0.5, 0.6) is 0 Å². The second-order valence-electron chi connectivity index (χ2n) is 6.54. The summed E-state index contributed by atoms with van der Waals surface area (Å²) in [5.41, 5.74) is 7.32. The number of rotatable bonds is 5. The van der Waals surface area contributed by atoms with E-state index in [1.54, 1.807) is 6.08 Å². The van der Waals surface area contributed by atoms with Crippen LogP contribution in [0.15, 0.2) is 109 Å². The Morgan fingerprint density at radius 2 is 1.17 bits per heavy atom. The molecule has 2 N–H and O–H groups in total. The molecule has 0 bridgehead atoms. The molecule has 0 aliphatic heterocycles. The van der Waals surface area contributed by atoms with E-state index in [1.807, 2.05) is 6.92 Å². The topological polar surface area (TPSA) is 29.3 Å². The summed E-state index contributed by atoms with van der Waals surface area (Å²) in [6, 6.07) is 30.7. The zero-order valence-electron chi connectivity index (χ0n) is 17.8. The fourth-order valence-corrected chi connectivity index (χ4v) is 5.11. The molecular weight excluding hydrogens is 371 g/mol. The smallest absolute Gasteiger partial charge is 0.0405 e. The van der Waals surface area contributed by atoms with Gasteiger partial charge >= 0.3 is 0 Å². The molecule has 150 valence electrons. The summed E-state index contributed by atoms with van der Waals surface area (Å²) in [6.07, 6.45) is 5.41. The maximum absolute atomic E-state index is 4.85. The average molecular weight is 403 g/mol. The Balaban J connectivity index is 0.000000687. The molecule has 0 spiro atoms. The molecule has 0 aromatic heterocycles. The quantitative estimate of drug-likeness (QED) is 0.588. The molecule has 3 heteroatoms. The van der Waals surface area contributed by atoms with Crippen LogP contribution in [0.25, 0.3) is 0 Å². The molecule has 29 heavy (non-hydrogen) atoms. The third kappa shape index (κ3) is 6.34. The lowest BCUT2D eigenvalue weighted by molar-refractivity contribution is 1.08. The highest BCUT2D eigenvalue weighted by molar-refractivity contribution is 7.79. The van der Waals surface area contributed by atoms with Gasteiger partial charge in [0.25, 0.3) is 0 Å². The molecule has 3 aromatic carbocycles. The molecule has 0 saturated carbocycles. The van der Waals surface area contributed by atoms with Gasteiger partial charge in [0.15, 0.2) is 0 Å². The largest absolute Gasteiger partial charge is 0.405 e. The first-order chi connectivity index (χ1) is 14.1. The summed E-state index contributed by atoms with van der Waals surface area (Å²) in [5.74, 6) is 0. The summed E-state index contributed by atoms with van der Waals surface area (Å²) >= 11 is 0. The van der Waals surface area contributed by atoms with Gasteiger partial charge in [-0.2, -0.15) is 0 Å². The van der Waals surface area contributed by atoms with Crippen LogP contribution >= 0.6 is 7.92 Å². The minimum atomic E-state index is -0.530. The van der Waals surface area contributed by atoms with Gasteiger partial charge in [0.1, 0.15) is 0 Å². The van der Waals surface area contributed by atoms with Crippen LogP contribution in [0.3, 0.4) is 0 Å². The van der Waals surface area contributed by atoms with Gasteiger partial charge in [-0.1, -0.05) is 84.9 Å². The number of nitrogens with zero attached hydrogens (tertiary/aromatic N) is 1. The van der Waals surface area contributed by atoms with E-state index in [0.717, 1.165) is 0 Å². The molecule has 0 aliphatic rings. The molecule has 0 amide bonds. The maximum Gasteiger partial charge on any atom is 0.0405 e. The van der Waals surface area contributed by atoms with Gasteiger partial charge in [-0.3, -0.25) is 0 Å². The summed E-state index contributed by atoms with van der Waals surface area (Å²) in [6.45, 7) is 6.08. The number of hydrogen-bond acceptors (Lipinski definition) is 2. The molecule has 0 fully saturated rings. The van der Waals surface area contributed by atoms with Crippen molar-refractivity contribution in [2.75, 3.05) is 11.9 Å². The first-order valence-corrected chi connectivity index (χ1v) is 11.2. The zero-order chi connectivity index (χ0) is 21.1. The van der Waals surface area contributed by atoms with E-state index in [0.29, 0.717) is 0 Å². The number of nitrogens with two attached hydrogens (primary N) is 1. The van der Waals surface area contributed by atoms with E-state index in [4.69, 9.17) is 5.73 Å². The van der Waals surface area contributed by atoms with E-state index in [9.17, 15) is 0 Å². The van der Waals surface area contributed by atoms with Crippen molar-refractivity contribution in [1.82, 2.24) is 0 Å². The third-order valence-electron chi connectivity index (χ3n) is 4.66. The predicted octanol–water partition coefficient (Wildman–Crippen LogP) is 5.28. The molecule has 0 atom stereocenters. The summed E-state index contributed by atoms with van der Waals surface area (Å²) in [4.78, 5) is 2.22. The van der Waals surface area contributed by atoms with Crippen molar-refractivity contribution in [3.63, 3.8) is 0 Å². The lowest BCUT2D eigenvalue weighted by atomic mass is 10.3. The molecule has 3 aromatic rings. The van der Waals surface area contributed by atoms with Crippen molar-refractivity contribution in [2.24, 2.45) is 5.73 Å². The Labute approximate surface area is 177 Å². The van der Waals surface area contributed by atoms with Gasteiger partial charge in [-0.25, -0.2) is 0 Å². The van der Waals surface area contributed by atoms with E-state index < -0.39 is 7.92 Å². The summed E-state index contributed by atoms with van der Waals surface area (Å²) in [7, 11) is 1.58. The normalized spacial score (nSPS) is 11.3. The molecule has 2 nitrogen and oxygen atoms in total. The summed E-state index contributed by atoms with van der Waals surface area (Å²) in [5, 5.41) is 4.14. The van der Waals surface area contributed by atoms with Crippen molar-refractivity contribution in [2.45, 2.75) is 20.8 Å². The SMILES string of the molecule is C/C=C(\C)N(C)c1ccc(P(c2ccccc2)c2ccccc2)cc1.C/C=C/N. The standard InChI is InChI=1S/C23H24NP.C3H7N/c1-4-19(2)24(3)20-15-17-23(18-16-20)25(21-11-7-5-8-12-21)22-13-9-6-10-14-22;1-2-3-4/h4-18H,1-3H3;2-3H,4H2,1H3/b19-4+;3-2+. The minimum Gasteiger partial charge on any atom is -0.405 e. The highest BCUT2D eigenvalue weighted by Gasteiger charge is 2.16. The van der Waals surface area contributed by atoms with Crippen LogP contribution in [-0.4, -0.2) is 7.05 Å². The van der Waals surface area contributed by atoms with Crippen LogP contribution < -0.4 is 26.5 Å². The maximum atomic E-state index is 4.85. The van der Waals surface area contributed by atoms with Gasteiger partial charge in [-0.05, 0) is 62.9 Å². The fraction of sp³-hybridized carbons (Fsp3) is 0.154. The number of anilines is 1. The highest BCUT2D eigenvalue weighted by Crippen LogP contribution is 2.33. The monoisotopic (exact) mass is 402 g/mol. The number of benzene rings is 3. The molecule has 0 unspecified atom stereocenters. The molecule has 0 saturated heterocycles. The third-order valence-corrected chi connectivity index (χ3v) is 7.11. The van der Waals surface area contributed by atoms with Crippen LogP contribution in [0.2, 0.25) is 0 Å². The van der Waals surface area contributed by atoms with Gasteiger partial charge in [0.05, 0.1) is 0 Å². The molecule has 0 aliphatic carbocycles. The van der Waals surface area contributed by atoms with Crippen molar-refractivity contribution >= 4 is 29.5 Å². The van der Waals surface area contributed by atoms with Crippen LogP contribution in [0, 0.1) is 0 Å². The van der Waals surface area contributed by atoms with Crippen LogP contribution in [0.4, 0.5) is 5.69 Å². The van der Waals surface area contributed by atoms with Crippen molar-refractivity contribution < 1.29 is 0 Å². The average Bonchev–Trinajstić information content (AvgIpc) is 2.80. The molecular formula is C26H31N2P. The fourth-order valence-electron chi connectivity index (χ4n) is 2.82. The minimum absolute atomic E-state index is 0.530. The van der Waals surface area contributed by atoms with Crippen molar-refractivity contribution in [3.8, 4) is 0 Å². The van der Waals surface area contributed by atoms with Gasteiger partial charge in [0, 0.05) is 18.4 Å².